The predicted octanol–water partition coefficient (Wildman–Crippen LogP) is 2.60. The molecule has 1 unspecified atom stereocenters. The van der Waals surface area contributed by atoms with E-state index in [1.165, 1.54) is 19.3 Å². The van der Waals surface area contributed by atoms with Crippen LogP contribution in [0.1, 0.15) is 37.9 Å². The summed E-state index contributed by atoms with van der Waals surface area (Å²) >= 11 is 0. The molecule has 2 rings (SSSR count). The normalized spacial score (nSPS) is 18.6. The van der Waals surface area contributed by atoms with Crippen LogP contribution in [-0.4, -0.2) is 36.2 Å². The monoisotopic (exact) mass is 249 g/mol. The molecule has 1 saturated heterocycles. The van der Waals surface area contributed by atoms with Crippen LogP contribution in [0.2, 0.25) is 0 Å². The molecule has 1 fully saturated rings. The van der Waals surface area contributed by atoms with Crippen molar-refractivity contribution in [2.45, 2.75) is 32.3 Å². The van der Waals surface area contributed by atoms with E-state index in [9.17, 15) is 5.11 Å². The van der Waals surface area contributed by atoms with Crippen LogP contribution in [0, 0.1) is 0 Å². The highest BCUT2D eigenvalue weighted by molar-refractivity contribution is 5.30. The van der Waals surface area contributed by atoms with Crippen molar-refractivity contribution in [2.24, 2.45) is 0 Å². The summed E-state index contributed by atoms with van der Waals surface area (Å²) in [5.74, 6) is 0.840. The number of ether oxygens (including phenoxy) is 1. The Morgan fingerprint density at radius 2 is 2.06 bits per heavy atom. The molecule has 0 saturated carbocycles. The molecule has 0 radical (unpaired) electrons. The summed E-state index contributed by atoms with van der Waals surface area (Å²) in [6, 6.07) is 7.79. The average Bonchev–Trinajstić information content (AvgIpc) is 2.40. The van der Waals surface area contributed by atoms with Crippen molar-refractivity contribution < 1.29 is 9.84 Å². The summed E-state index contributed by atoms with van der Waals surface area (Å²) in [6.45, 7) is 5.59. The summed E-state index contributed by atoms with van der Waals surface area (Å²) < 4.78 is 5.46. The topological polar surface area (TPSA) is 32.7 Å². The number of piperidine rings is 1. The highest BCUT2D eigenvalue weighted by Crippen LogP contribution is 2.21. The molecule has 1 atom stereocenters. The van der Waals surface area contributed by atoms with Gasteiger partial charge < -0.3 is 14.7 Å². The van der Waals surface area contributed by atoms with Crippen LogP contribution in [-0.2, 0) is 0 Å². The molecule has 1 aliphatic heterocycles. The molecule has 0 spiro atoms. The van der Waals surface area contributed by atoms with E-state index in [1.807, 2.05) is 31.2 Å². The molecule has 0 aromatic heterocycles. The second kappa shape index (κ2) is 6.76. The van der Waals surface area contributed by atoms with Crippen LogP contribution in [0.15, 0.2) is 24.3 Å². The Kier molecular flexibility index (Phi) is 5.02. The first kappa shape index (κ1) is 13.4. The lowest BCUT2D eigenvalue weighted by molar-refractivity contribution is 0.101. The zero-order chi connectivity index (χ0) is 12.8. The van der Waals surface area contributed by atoms with E-state index in [4.69, 9.17) is 4.74 Å². The van der Waals surface area contributed by atoms with E-state index in [0.29, 0.717) is 6.61 Å². The first-order valence-corrected chi connectivity index (χ1v) is 6.93. The second-order valence-corrected chi connectivity index (χ2v) is 4.88. The minimum Gasteiger partial charge on any atom is -0.494 e. The van der Waals surface area contributed by atoms with Crippen LogP contribution in [0.25, 0.3) is 0 Å². The zero-order valence-corrected chi connectivity index (χ0v) is 11.1. The van der Waals surface area contributed by atoms with Gasteiger partial charge in [-0.05, 0) is 50.6 Å². The van der Waals surface area contributed by atoms with Gasteiger partial charge in [-0.2, -0.15) is 0 Å². The molecule has 1 N–H and O–H groups in total. The molecule has 1 aromatic rings. The van der Waals surface area contributed by atoms with E-state index < -0.39 is 6.10 Å². The number of aliphatic hydroxyl groups excluding tert-OH is 1. The first-order chi connectivity index (χ1) is 8.79. The maximum Gasteiger partial charge on any atom is 0.119 e. The summed E-state index contributed by atoms with van der Waals surface area (Å²) in [4.78, 5) is 2.35. The fourth-order valence-electron chi connectivity index (χ4n) is 2.47. The van der Waals surface area contributed by atoms with Crippen molar-refractivity contribution >= 4 is 0 Å². The fraction of sp³-hybridized carbons (Fsp3) is 0.600. The zero-order valence-electron chi connectivity index (χ0n) is 11.1. The van der Waals surface area contributed by atoms with E-state index in [0.717, 1.165) is 30.9 Å². The Bertz CT molecular complexity index is 361. The van der Waals surface area contributed by atoms with E-state index in [-0.39, 0.29) is 0 Å². The van der Waals surface area contributed by atoms with Crippen molar-refractivity contribution in [1.82, 2.24) is 4.90 Å². The number of benzene rings is 1. The average molecular weight is 249 g/mol. The van der Waals surface area contributed by atoms with Gasteiger partial charge in [0, 0.05) is 6.54 Å². The third-order valence-corrected chi connectivity index (χ3v) is 3.43. The van der Waals surface area contributed by atoms with Crippen molar-refractivity contribution in [3.05, 3.63) is 29.8 Å². The smallest absolute Gasteiger partial charge is 0.119 e. The number of hydrogen-bond donors (Lipinski definition) is 1. The van der Waals surface area contributed by atoms with Gasteiger partial charge in [0.2, 0.25) is 0 Å². The van der Waals surface area contributed by atoms with Gasteiger partial charge in [-0.1, -0.05) is 18.6 Å². The van der Waals surface area contributed by atoms with Crippen molar-refractivity contribution in [3.63, 3.8) is 0 Å². The summed E-state index contributed by atoms with van der Waals surface area (Å²) in [5, 5.41) is 10.3. The number of likely N-dealkylation sites (tertiary alicyclic amines) is 1. The van der Waals surface area contributed by atoms with Crippen LogP contribution < -0.4 is 4.74 Å². The molecule has 100 valence electrons. The van der Waals surface area contributed by atoms with Gasteiger partial charge in [0.1, 0.15) is 5.75 Å². The van der Waals surface area contributed by atoms with E-state index in [2.05, 4.69) is 4.90 Å². The summed E-state index contributed by atoms with van der Waals surface area (Å²) in [5.41, 5.74) is 0.950. The van der Waals surface area contributed by atoms with Crippen LogP contribution >= 0.6 is 0 Å². The van der Waals surface area contributed by atoms with Gasteiger partial charge in [-0.25, -0.2) is 0 Å². The second-order valence-electron chi connectivity index (χ2n) is 4.88. The molecule has 1 aliphatic rings. The minimum absolute atomic E-state index is 0.413. The number of β-amino-alcohol motifs (C(OH)–C–C–N with tert-alkyl or cyclic N) is 1. The Morgan fingerprint density at radius 3 is 2.78 bits per heavy atom. The fourth-order valence-corrected chi connectivity index (χ4v) is 2.47. The standard InChI is InChI=1S/C15H23NO2/c1-2-18-14-8-6-7-13(11-14)15(17)12-16-9-4-3-5-10-16/h6-8,11,15,17H,2-5,9-10,12H2,1H3. The lowest BCUT2D eigenvalue weighted by Crippen LogP contribution is -2.33. The molecule has 1 aromatic carbocycles. The Hall–Kier alpha value is -1.06. The highest BCUT2D eigenvalue weighted by Gasteiger charge is 2.16. The van der Waals surface area contributed by atoms with Crippen molar-refractivity contribution in [3.8, 4) is 5.75 Å². The molecule has 18 heavy (non-hydrogen) atoms. The SMILES string of the molecule is CCOc1cccc(C(O)CN2CCCCC2)c1. The Morgan fingerprint density at radius 1 is 1.28 bits per heavy atom. The summed E-state index contributed by atoms with van der Waals surface area (Å²) in [6.07, 6.45) is 3.42. The van der Waals surface area contributed by atoms with Gasteiger partial charge in [0.05, 0.1) is 12.7 Å². The number of aliphatic hydroxyl groups is 1. The molecule has 3 heteroatoms. The molecular weight excluding hydrogens is 226 g/mol. The van der Waals surface area contributed by atoms with Gasteiger partial charge in [0.15, 0.2) is 0 Å². The maximum absolute atomic E-state index is 10.3. The summed E-state index contributed by atoms with van der Waals surface area (Å²) in [7, 11) is 0. The quantitative estimate of drug-likeness (QED) is 0.870. The molecular formula is C15H23NO2. The molecule has 0 bridgehead atoms. The molecule has 3 nitrogen and oxygen atoms in total. The lowest BCUT2D eigenvalue weighted by atomic mass is 10.1. The van der Waals surface area contributed by atoms with Gasteiger partial charge >= 0.3 is 0 Å². The van der Waals surface area contributed by atoms with Crippen LogP contribution in [0.4, 0.5) is 0 Å². The van der Waals surface area contributed by atoms with Crippen LogP contribution in [0.3, 0.4) is 0 Å². The molecule has 1 heterocycles. The third kappa shape index (κ3) is 3.72. The number of rotatable bonds is 5. The third-order valence-electron chi connectivity index (χ3n) is 3.43. The molecule has 0 aliphatic carbocycles. The van der Waals surface area contributed by atoms with Gasteiger partial charge in [-0.15, -0.1) is 0 Å². The predicted molar refractivity (Wildman–Crippen MR) is 72.9 cm³/mol. The van der Waals surface area contributed by atoms with Crippen molar-refractivity contribution in [2.75, 3.05) is 26.2 Å². The Labute approximate surface area is 109 Å². The number of hydrogen-bond acceptors (Lipinski definition) is 3. The molecule has 0 amide bonds. The largest absolute Gasteiger partial charge is 0.494 e. The maximum atomic E-state index is 10.3. The minimum atomic E-state index is -0.413. The van der Waals surface area contributed by atoms with E-state index in [1.54, 1.807) is 0 Å². The lowest BCUT2D eigenvalue weighted by Gasteiger charge is -2.28. The van der Waals surface area contributed by atoms with Crippen LogP contribution in [0.5, 0.6) is 5.75 Å². The Balaban J connectivity index is 1.94. The van der Waals surface area contributed by atoms with Gasteiger partial charge in [0.25, 0.3) is 0 Å². The number of nitrogens with zero attached hydrogens (tertiary/aromatic N) is 1. The highest BCUT2D eigenvalue weighted by atomic mass is 16.5. The van der Waals surface area contributed by atoms with E-state index >= 15 is 0 Å². The first-order valence-electron chi connectivity index (χ1n) is 6.93. The van der Waals surface area contributed by atoms with Crippen molar-refractivity contribution in [1.29, 1.82) is 0 Å². The van der Waals surface area contributed by atoms with Gasteiger partial charge in [-0.3, -0.25) is 0 Å².